The first-order valence-electron chi connectivity index (χ1n) is 10.3. The standard InChI is InChI=1S/C24H27N3O3/c1-16-11-19(15-28)21-8-4-6-18(23(21)26-16)12-17-5-2-3-7-22(17)24(29)27-9-10-30-20(13-25)14-27/h2-8,11,20,28H,9-10,12-15,25H2,1H3/t20-/m0/s1. The summed E-state index contributed by atoms with van der Waals surface area (Å²) in [4.78, 5) is 19.8. The SMILES string of the molecule is Cc1cc(CO)c2cccc(Cc3ccccc3C(=O)N3CCO[C@@H](CN)C3)c2n1. The Morgan fingerprint density at radius 2 is 2.00 bits per heavy atom. The second kappa shape index (κ2) is 8.92. The third-order valence-corrected chi connectivity index (χ3v) is 5.62. The van der Waals surface area contributed by atoms with Gasteiger partial charge in [-0.2, -0.15) is 0 Å². The van der Waals surface area contributed by atoms with E-state index >= 15 is 0 Å². The lowest BCUT2D eigenvalue weighted by Gasteiger charge is -2.32. The quantitative estimate of drug-likeness (QED) is 0.681. The molecule has 0 saturated carbocycles. The summed E-state index contributed by atoms with van der Waals surface area (Å²) in [5, 5.41) is 10.7. The van der Waals surface area contributed by atoms with Crippen molar-refractivity contribution in [3.8, 4) is 0 Å². The lowest BCUT2D eigenvalue weighted by Crippen LogP contribution is -2.48. The van der Waals surface area contributed by atoms with E-state index in [1.165, 1.54) is 0 Å². The molecule has 3 aromatic rings. The Labute approximate surface area is 176 Å². The number of benzene rings is 2. The molecule has 1 amide bonds. The third kappa shape index (κ3) is 4.07. The van der Waals surface area contributed by atoms with Gasteiger partial charge in [-0.25, -0.2) is 0 Å². The van der Waals surface area contributed by atoms with E-state index < -0.39 is 0 Å². The van der Waals surface area contributed by atoms with Crippen LogP contribution in [0.15, 0.2) is 48.5 Å². The number of pyridine rings is 1. The second-order valence-electron chi connectivity index (χ2n) is 7.71. The molecular formula is C24H27N3O3. The second-order valence-corrected chi connectivity index (χ2v) is 7.71. The zero-order valence-electron chi connectivity index (χ0n) is 17.2. The van der Waals surface area contributed by atoms with Gasteiger partial charge in [-0.1, -0.05) is 36.4 Å². The molecule has 0 unspecified atom stereocenters. The van der Waals surface area contributed by atoms with Crippen molar-refractivity contribution in [2.45, 2.75) is 26.1 Å². The van der Waals surface area contributed by atoms with Crippen LogP contribution in [0.5, 0.6) is 0 Å². The van der Waals surface area contributed by atoms with E-state index in [2.05, 4.69) is 0 Å². The van der Waals surface area contributed by atoms with Gasteiger partial charge in [0.1, 0.15) is 0 Å². The van der Waals surface area contributed by atoms with Crippen LogP contribution in [0.2, 0.25) is 0 Å². The predicted octanol–water partition coefficient (Wildman–Crippen LogP) is 2.43. The Balaban J connectivity index is 1.69. The number of carbonyl (C=O) groups excluding carboxylic acids is 1. The number of rotatable bonds is 5. The minimum Gasteiger partial charge on any atom is -0.392 e. The van der Waals surface area contributed by atoms with Crippen LogP contribution in [-0.4, -0.2) is 53.2 Å². The summed E-state index contributed by atoms with van der Waals surface area (Å²) in [6.07, 6.45) is 0.475. The minimum absolute atomic E-state index is 0.00720. The fraction of sp³-hybridized carbons (Fsp3) is 0.333. The van der Waals surface area contributed by atoms with Crippen LogP contribution < -0.4 is 5.73 Å². The van der Waals surface area contributed by atoms with Crippen LogP contribution in [0.4, 0.5) is 0 Å². The largest absolute Gasteiger partial charge is 0.392 e. The number of morpholine rings is 1. The number of nitrogens with two attached hydrogens (primary N) is 1. The smallest absolute Gasteiger partial charge is 0.254 e. The Kier molecular flexibility index (Phi) is 6.08. The molecular weight excluding hydrogens is 378 g/mol. The molecule has 6 heteroatoms. The van der Waals surface area contributed by atoms with Gasteiger partial charge in [-0.3, -0.25) is 9.78 Å². The summed E-state index contributed by atoms with van der Waals surface area (Å²) in [5.74, 6) is 0.00720. The van der Waals surface area contributed by atoms with Gasteiger partial charge < -0.3 is 20.5 Å². The number of nitrogens with zero attached hydrogens (tertiary/aromatic N) is 2. The molecule has 1 aliphatic rings. The molecule has 156 valence electrons. The van der Waals surface area contributed by atoms with Crippen molar-refractivity contribution in [1.82, 2.24) is 9.88 Å². The van der Waals surface area contributed by atoms with Crippen LogP contribution in [0.1, 0.15) is 32.7 Å². The summed E-state index contributed by atoms with van der Waals surface area (Å²) < 4.78 is 5.60. The van der Waals surface area contributed by atoms with E-state index in [0.717, 1.165) is 33.3 Å². The number of carbonyl (C=O) groups is 1. The maximum absolute atomic E-state index is 13.3. The molecule has 1 atom stereocenters. The van der Waals surface area contributed by atoms with Gasteiger partial charge in [-0.15, -0.1) is 0 Å². The molecule has 1 fully saturated rings. The molecule has 30 heavy (non-hydrogen) atoms. The van der Waals surface area contributed by atoms with Crippen molar-refractivity contribution in [1.29, 1.82) is 0 Å². The van der Waals surface area contributed by atoms with Gasteiger partial charge in [-0.05, 0) is 35.7 Å². The number of aryl methyl sites for hydroxylation is 1. The van der Waals surface area contributed by atoms with E-state index in [1.807, 2.05) is 60.4 Å². The maximum Gasteiger partial charge on any atom is 0.254 e. The number of aromatic nitrogens is 1. The Morgan fingerprint density at radius 1 is 1.20 bits per heavy atom. The molecule has 1 aromatic heterocycles. The summed E-state index contributed by atoms with van der Waals surface area (Å²) in [6.45, 7) is 3.89. The summed E-state index contributed by atoms with van der Waals surface area (Å²) in [5.41, 5.74) is 11.0. The van der Waals surface area contributed by atoms with Gasteiger partial charge in [0, 0.05) is 42.7 Å². The summed E-state index contributed by atoms with van der Waals surface area (Å²) >= 11 is 0. The van der Waals surface area contributed by atoms with Gasteiger partial charge in [0.15, 0.2) is 0 Å². The van der Waals surface area contributed by atoms with E-state index in [9.17, 15) is 9.90 Å². The molecule has 0 aliphatic carbocycles. The van der Waals surface area contributed by atoms with Crippen LogP contribution in [-0.2, 0) is 17.8 Å². The molecule has 4 rings (SSSR count). The topological polar surface area (TPSA) is 88.7 Å². The monoisotopic (exact) mass is 405 g/mol. The van der Waals surface area contributed by atoms with Gasteiger partial charge in [0.25, 0.3) is 5.91 Å². The molecule has 3 N–H and O–H groups in total. The lowest BCUT2D eigenvalue weighted by atomic mass is 9.96. The van der Waals surface area contributed by atoms with Crippen molar-refractivity contribution in [2.75, 3.05) is 26.2 Å². The number of para-hydroxylation sites is 1. The van der Waals surface area contributed by atoms with E-state index in [4.69, 9.17) is 15.5 Å². The number of amides is 1. The van der Waals surface area contributed by atoms with Crippen LogP contribution in [0.25, 0.3) is 10.9 Å². The number of ether oxygens (including phenoxy) is 1. The molecule has 1 aliphatic heterocycles. The first-order chi connectivity index (χ1) is 14.6. The normalized spacial score (nSPS) is 16.8. The number of aliphatic hydroxyl groups is 1. The summed E-state index contributed by atoms with van der Waals surface area (Å²) in [6, 6.07) is 15.6. The maximum atomic E-state index is 13.3. The predicted molar refractivity (Wildman–Crippen MR) is 116 cm³/mol. The molecule has 0 spiro atoms. The average molecular weight is 405 g/mol. The molecule has 1 saturated heterocycles. The summed E-state index contributed by atoms with van der Waals surface area (Å²) in [7, 11) is 0. The molecule has 0 bridgehead atoms. The Morgan fingerprint density at radius 3 is 2.80 bits per heavy atom. The first kappa shape index (κ1) is 20.5. The fourth-order valence-corrected chi connectivity index (χ4v) is 4.10. The first-order valence-corrected chi connectivity index (χ1v) is 10.3. The lowest BCUT2D eigenvalue weighted by molar-refractivity contribution is -0.0167. The Hall–Kier alpha value is -2.80. The van der Waals surface area contributed by atoms with Crippen molar-refractivity contribution < 1.29 is 14.6 Å². The van der Waals surface area contributed by atoms with Crippen molar-refractivity contribution in [3.05, 3.63) is 76.5 Å². The van der Waals surface area contributed by atoms with Crippen molar-refractivity contribution in [2.24, 2.45) is 5.73 Å². The number of fused-ring (bicyclic) bond motifs is 1. The van der Waals surface area contributed by atoms with Crippen molar-refractivity contribution >= 4 is 16.8 Å². The number of hydrogen-bond acceptors (Lipinski definition) is 5. The van der Waals surface area contributed by atoms with Crippen LogP contribution in [0, 0.1) is 6.92 Å². The molecule has 6 nitrogen and oxygen atoms in total. The Bertz CT molecular complexity index is 1070. The molecule has 2 aromatic carbocycles. The minimum atomic E-state index is -0.114. The van der Waals surface area contributed by atoms with Crippen LogP contribution in [0.3, 0.4) is 0 Å². The molecule has 2 heterocycles. The van der Waals surface area contributed by atoms with Gasteiger partial charge in [0.05, 0.1) is 24.8 Å². The zero-order valence-corrected chi connectivity index (χ0v) is 17.2. The van der Waals surface area contributed by atoms with E-state index in [0.29, 0.717) is 38.2 Å². The van der Waals surface area contributed by atoms with E-state index in [-0.39, 0.29) is 18.6 Å². The van der Waals surface area contributed by atoms with Crippen molar-refractivity contribution in [3.63, 3.8) is 0 Å². The highest BCUT2D eigenvalue weighted by atomic mass is 16.5. The highest BCUT2D eigenvalue weighted by Gasteiger charge is 2.25. The third-order valence-electron chi connectivity index (χ3n) is 5.62. The highest BCUT2D eigenvalue weighted by Crippen LogP contribution is 2.25. The van der Waals surface area contributed by atoms with E-state index in [1.54, 1.807) is 0 Å². The number of hydrogen-bond donors (Lipinski definition) is 2. The average Bonchev–Trinajstić information content (AvgIpc) is 2.79. The van der Waals surface area contributed by atoms with Crippen LogP contribution >= 0.6 is 0 Å². The fourth-order valence-electron chi connectivity index (χ4n) is 4.10. The number of aliphatic hydroxyl groups excluding tert-OH is 1. The zero-order chi connectivity index (χ0) is 21.1. The van der Waals surface area contributed by atoms with Gasteiger partial charge >= 0.3 is 0 Å². The van der Waals surface area contributed by atoms with Gasteiger partial charge in [0.2, 0.25) is 0 Å². The highest BCUT2D eigenvalue weighted by molar-refractivity contribution is 5.96. The molecule has 0 radical (unpaired) electrons.